The number of rotatable bonds is 2. The molecule has 0 aliphatic carbocycles. The summed E-state index contributed by atoms with van der Waals surface area (Å²) in [5, 5.41) is 0.400. The van der Waals surface area contributed by atoms with Gasteiger partial charge in [-0.25, -0.2) is 4.98 Å². The first-order valence-corrected chi connectivity index (χ1v) is 8.07. The van der Waals surface area contributed by atoms with E-state index in [1.54, 1.807) is 0 Å². The Morgan fingerprint density at radius 3 is 2.48 bits per heavy atom. The van der Waals surface area contributed by atoms with Crippen LogP contribution in [0.15, 0.2) is 12.3 Å². The van der Waals surface area contributed by atoms with Gasteiger partial charge in [-0.05, 0) is 12.5 Å². The Morgan fingerprint density at radius 1 is 1.22 bits per heavy atom. The van der Waals surface area contributed by atoms with Crippen molar-refractivity contribution in [2.75, 3.05) is 31.1 Å². The first-order chi connectivity index (χ1) is 10.7. The van der Waals surface area contributed by atoms with Crippen LogP contribution in [0.4, 0.5) is 5.82 Å². The van der Waals surface area contributed by atoms with E-state index < -0.39 is 5.91 Å². The van der Waals surface area contributed by atoms with Crippen molar-refractivity contribution in [1.29, 1.82) is 0 Å². The predicted octanol–water partition coefficient (Wildman–Crippen LogP) is 1.92. The van der Waals surface area contributed by atoms with Crippen LogP contribution in [0.3, 0.4) is 0 Å². The number of carbonyl (C=O) groups is 2. The average Bonchev–Trinajstić information content (AvgIpc) is 2.71. The number of nitrogens with zero attached hydrogens (tertiary/aromatic N) is 3. The minimum Gasteiger partial charge on any atom is -0.366 e. The number of pyridine rings is 1. The van der Waals surface area contributed by atoms with Gasteiger partial charge in [-0.2, -0.15) is 0 Å². The topological polar surface area (TPSA) is 79.5 Å². The van der Waals surface area contributed by atoms with Crippen LogP contribution in [0.25, 0.3) is 0 Å². The molecular weight excluding hydrogens is 316 g/mol. The van der Waals surface area contributed by atoms with Crippen LogP contribution in [0.5, 0.6) is 0 Å². The molecule has 1 aromatic rings. The van der Waals surface area contributed by atoms with Crippen molar-refractivity contribution in [2.45, 2.75) is 27.2 Å². The quantitative estimate of drug-likeness (QED) is 0.893. The van der Waals surface area contributed by atoms with E-state index in [1.165, 1.54) is 12.3 Å². The molecule has 6 nitrogen and oxygen atoms in total. The lowest BCUT2D eigenvalue weighted by Gasteiger charge is -2.28. The molecule has 1 aliphatic heterocycles. The Balaban J connectivity index is 2.12. The molecule has 0 spiro atoms. The summed E-state index contributed by atoms with van der Waals surface area (Å²) < 4.78 is 0. The highest BCUT2D eigenvalue weighted by molar-refractivity contribution is 6.33. The summed E-state index contributed by atoms with van der Waals surface area (Å²) in [6, 6.07) is 1.54. The monoisotopic (exact) mass is 338 g/mol. The molecule has 2 amide bonds. The second kappa shape index (κ2) is 6.74. The maximum atomic E-state index is 12.4. The van der Waals surface area contributed by atoms with Crippen molar-refractivity contribution in [1.82, 2.24) is 9.88 Å². The van der Waals surface area contributed by atoms with Gasteiger partial charge in [0, 0.05) is 37.8 Å². The van der Waals surface area contributed by atoms with Crippen LogP contribution in [-0.4, -0.2) is 47.9 Å². The summed E-state index contributed by atoms with van der Waals surface area (Å²) in [6.07, 6.45) is 2.28. The maximum absolute atomic E-state index is 12.4. The molecule has 7 heteroatoms. The van der Waals surface area contributed by atoms with E-state index in [1.807, 2.05) is 30.6 Å². The van der Waals surface area contributed by atoms with Gasteiger partial charge in [0.1, 0.15) is 5.82 Å². The minimum atomic E-state index is -0.552. The summed E-state index contributed by atoms with van der Waals surface area (Å²) in [6.45, 7) is 8.56. The van der Waals surface area contributed by atoms with E-state index in [0.717, 1.165) is 19.5 Å². The van der Waals surface area contributed by atoms with Crippen LogP contribution in [0, 0.1) is 5.41 Å². The maximum Gasteiger partial charge on any atom is 0.250 e. The van der Waals surface area contributed by atoms with Crippen molar-refractivity contribution >= 4 is 29.2 Å². The van der Waals surface area contributed by atoms with E-state index in [-0.39, 0.29) is 16.9 Å². The minimum absolute atomic E-state index is 0.155. The highest BCUT2D eigenvalue weighted by Crippen LogP contribution is 2.26. The molecule has 23 heavy (non-hydrogen) atoms. The molecule has 0 atom stereocenters. The normalized spacial score (nSPS) is 16.2. The van der Waals surface area contributed by atoms with Gasteiger partial charge in [0.2, 0.25) is 11.8 Å². The molecule has 2 rings (SSSR count). The number of primary amides is 1. The zero-order chi connectivity index (χ0) is 17.2. The fourth-order valence-electron chi connectivity index (χ4n) is 2.60. The van der Waals surface area contributed by atoms with Crippen LogP contribution in [-0.2, 0) is 4.79 Å². The van der Waals surface area contributed by atoms with E-state index in [9.17, 15) is 9.59 Å². The highest BCUT2D eigenvalue weighted by Gasteiger charge is 2.29. The molecule has 0 aromatic carbocycles. The Labute approximate surface area is 141 Å². The van der Waals surface area contributed by atoms with Crippen molar-refractivity contribution in [3.8, 4) is 0 Å². The number of hydrogen-bond donors (Lipinski definition) is 1. The number of amides is 2. The third kappa shape index (κ3) is 4.13. The van der Waals surface area contributed by atoms with Gasteiger partial charge in [-0.3, -0.25) is 9.59 Å². The number of carbonyl (C=O) groups excluding carboxylic acids is 2. The lowest BCUT2D eigenvalue weighted by molar-refractivity contribution is -0.139. The van der Waals surface area contributed by atoms with Gasteiger partial charge in [0.05, 0.1) is 10.6 Å². The molecule has 1 fully saturated rings. The molecule has 1 aromatic heterocycles. The molecule has 0 radical (unpaired) electrons. The number of anilines is 1. The smallest absolute Gasteiger partial charge is 0.250 e. The fourth-order valence-corrected chi connectivity index (χ4v) is 2.89. The number of halogens is 1. The van der Waals surface area contributed by atoms with Gasteiger partial charge < -0.3 is 15.5 Å². The second-order valence-corrected chi connectivity index (χ2v) is 7.18. The Bertz CT molecular complexity index is 613. The van der Waals surface area contributed by atoms with E-state index >= 15 is 0 Å². The molecule has 1 saturated heterocycles. The van der Waals surface area contributed by atoms with Gasteiger partial charge in [0.15, 0.2) is 0 Å². The summed E-state index contributed by atoms with van der Waals surface area (Å²) in [4.78, 5) is 31.8. The second-order valence-electron chi connectivity index (χ2n) is 6.78. The van der Waals surface area contributed by atoms with E-state index in [2.05, 4.69) is 4.98 Å². The van der Waals surface area contributed by atoms with Gasteiger partial charge in [-0.1, -0.05) is 32.4 Å². The van der Waals surface area contributed by atoms with Crippen LogP contribution >= 0.6 is 11.6 Å². The van der Waals surface area contributed by atoms with Crippen LogP contribution < -0.4 is 10.6 Å². The van der Waals surface area contributed by atoms with Gasteiger partial charge >= 0.3 is 0 Å². The van der Waals surface area contributed by atoms with Crippen molar-refractivity contribution < 1.29 is 9.59 Å². The molecule has 2 N–H and O–H groups in total. The SMILES string of the molecule is CC(C)(C)C(=O)N1CCCN(c2ncc(C(N)=O)cc2Cl)CC1. The van der Waals surface area contributed by atoms with Gasteiger partial charge in [0.25, 0.3) is 0 Å². The van der Waals surface area contributed by atoms with Crippen molar-refractivity contribution in [3.63, 3.8) is 0 Å². The summed E-state index contributed by atoms with van der Waals surface area (Å²) in [5.41, 5.74) is 5.14. The molecular formula is C16H23ClN4O2. The Morgan fingerprint density at radius 2 is 1.91 bits per heavy atom. The third-order valence-electron chi connectivity index (χ3n) is 3.83. The van der Waals surface area contributed by atoms with Crippen LogP contribution in [0.1, 0.15) is 37.6 Å². The summed E-state index contributed by atoms with van der Waals surface area (Å²) in [5.74, 6) is 0.230. The predicted molar refractivity (Wildman–Crippen MR) is 90.6 cm³/mol. The fraction of sp³-hybridized carbons (Fsp3) is 0.562. The molecule has 2 heterocycles. The number of aromatic nitrogens is 1. The standard InChI is InChI=1S/C16H23ClN4O2/c1-16(2,3)15(23)21-6-4-5-20(7-8-21)14-12(17)9-11(10-19-14)13(18)22/h9-10H,4-8H2,1-3H3,(H2,18,22). The average molecular weight is 339 g/mol. The zero-order valence-electron chi connectivity index (χ0n) is 13.8. The van der Waals surface area contributed by atoms with E-state index in [0.29, 0.717) is 23.9 Å². The molecule has 0 saturated carbocycles. The van der Waals surface area contributed by atoms with Gasteiger partial charge in [-0.15, -0.1) is 0 Å². The lowest BCUT2D eigenvalue weighted by Crippen LogP contribution is -2.41. The zero-order valence-corrected chi connectivity index (χ0v) is 14.6. The number of nitrogens with two attached hydrogens (primary N) is 1. The molecule has 0 unspecified atom stereocenters. The summed E-state index contributed by atoms with van der Waals surface area (Å²) in [7, 11) is 0. The number of hydrogen-bond acceptors (Lipinski definition) is 4. The summed E-state index contributed by atoms with van der Waals surface area (Å²) >= 11 is 6.24. The molecule has 0 bridgehead atoms. The first kappa shape index (κ1) is 17.5. The van der Waals surface area contributed by atoms with E-state index in [4.69, 9.17) is 17.3 Å². The molecule has 126 valence electrons. The Kier molecular flexibility index (Phi) is 5.14. The lowest BCUT2D eigenvalue weighted by atomic mass is 9.94. The third-order valence-corrected chi connectivity index (χ3v) is 4.11. The Hall–Kier alpha value is -1.82. The van der Waals surface area contributed by atoms with Crippen molar-refractivity contribution in [2.24, 2.45) is 11.1 Å². The van der Waals surface area contributed by atoms with Crippen molar-refractivity contribution in [3.05, 3.63) is 22.8 Å². The largest absolute Gasteiger partial charge is 0.366 e. The van der Waals surface area contributed by atoms with Crippen LogP contribution in [0.2, 0.25) is 5.02 Å². The molecule has 1 aliphatic rings. The first-order valence-electron chi connectivity index (χ1n) is 7.70. The highest BCUT2D eigenvalue weighted by atomic mass is 35.5.